The smallest absolute Gasteiger partial charge is 0.337 e. The van der Waals surface area contributed by atoms with Crippen LogP contribution in [-0.4, -0.2) is 24.2 Å². The molecule has 92 valence electrons. The number of aromatic carboxylic acids is 1. The van der Waals surface area contributed by atoms with Gasteiger partial charge in [-0.1, -0.05) is 0 Å². The molecule has 0 unspecified atom stereocenters. The van der Waals surface area contributed by atoms with Gasteiger partial charge < -0.3 is 9.84 Å². The Hall–Kier alpha value is -2.35. The molecule has 5 nitrogen and oxygen atoms in total. The summed E-state index contributed by atoms with van der Waals surface area (Å²) in [6, 6.07) is 6.41. The van der Waals surface area contributed by atoms with E-state index >= 15 is 0 Å². The van der Waals surface area contributed by atoms with Crippen LogP contribution in [0.5, 0.6) is 0 Å². The van der Waals surface area contributed by atoms with E-state index in [4.69, 9.17) is 10.4 Å². The molecular formula is C13H11NO4. The van der Waals surface area contributed by atoms with Gasteiger partial charge in [-0.3, -0.25) is 0 Å². The number of rotatable bonds is 3. The summed E-state index contributed by atoms with van der Waals surface area (Å²) < 4.78 is 4.58. The number of carboxylic acids is 1. The highest BCUT2D eigenvalue weighted by molar-refractivity contribution is 5.95. The van der Waals surface area contributed by atoms with Gasteiger partial charge in [0.1, 0.15) is 0 Å². The summed E-state index contributed by atoms with van der Waals surface area (Å²) in [6.07, 6.45) is 1.38. The summed E-state index contributed by atoms with van der Waals surface area (Å²) in [5.74, 6) is -1.73. The van der Waals surface area contributed by atoms with E-state index in [-0.39, 0.29) is 11.1 Å². The molecule has 1 N–H and O–H groups in total. The zero-order valence-electron chi connectivity index (χ0n) is 9.77. The fraction of sp³-hybridized carbons (Fsp3) is 0.308. The highest BCUT2D eigenvalue weighted by atomic mass is 16.5. The maximum absolute atomic E-state index is 11.5. The van der Waals surface area contributed by atoms with Crippen molar-refractivity contribution < 1.29 is 19.4 Å². The Morgan fingerprint density at radius 1 is 1.33 bits per heavy atom. The second-order valence-electron chi connectivity index (χ2n) is 4.29. The molecule has 0 saturated heterocycles. The summed E-state index contributed by atoms with van der Waals surface area (Å²) in [5, 5.41) is 18.1. The molecule has 1 aromatic rings. The van der Waals surface area contributed by atoms with Gasteiger partial charge in [-0.25, -0.2) is 9.59 Å². The van der Waals surface area contributed by atoms with Crippen LogP contribution in [0, 0.1) is 11.3 Å². The molecule has 0 aliphatic heterocycles. The van der Waals surface area contributed by atoms with Gasteiger partial charge in [-0.2, -0.15) is 5.26 Å². The zero-order chi connectivity index (χ0) is 13.3. The normalized spacial score (nSPS) is 15.6. The number of ether oxygens (including phenoxy) is 1. The fourth-order valence-electron chi connectivity index (χ4n) is 1.85. The van der Waals surface area contributed by atoms with Crippen molar-refractivity contribution >= 4 is 11.9 Å². The molecule has 0 spiro atoms. The lowest BCUT2D eigenvalue weighted by Gasteiger charge is -2.09. The average Bonchev–Trinajstić information content (AvgIpc) is 3.18. The van der Waals surface area contributed by atoms with Crippen molar-refractivity contribution in [3.8, 4) is 6.07 Å². The van der Waals surface area contributed by atoms with Crippen molar-refractivity contribution in [1.82, 2.24) is 0 Å². The summed E-state index contributed by atoms with van der Waals surface area (Å²) >= 11 is 0. The molecule has 0 aromatic heterocycles. The number of carboxylic acid groups (broad SMARTS) is 1. The molecule has 0 bridgehead atoms. The van der Waals surface area contributed by atoms with E-state index in [2.05, 4.69) is 10.8 Å². The first-order valence-electron chi connectivity index (χ1n) is 5.41. The predicted octanol–water partition coefficient (Wildman–Crippen LogP) is 1.73. The molecule has 1 aliphatic rings. The van der Waals surface area contributed by atoms with Gasteiger partial charge in [-0.15, -0.1) is 0 Å². The van der Waals surface area contributed by atoms with E-state index < -0.39 is 17.4 Å². The van der Waals surface area contributed by atoms with Crippen molar-refractivity contribution in [2.75, 3.05) is 7.11 Å². The van der Waals surface area contributed by atoms with Crippen molar-refractivity contribution in [3.05, 3.63) is 34.9 Å². The van der Waals surface area contributed by atoms with Gasteiger partial charge in [0.05, 0.1) is 29.7 Å². The first-order chi connectivity index (χ1) is 8.52. The third kappa shape index (κ3) is 1.93. The van der Waals surface area contributed by atoms with Crippen molar-refractivity contribution in [3.63, 3.8) is 0 Å². The van der Waals surface area contributed by atoms with Crippen LogP contribution >= 0.6 is 0 Å². The SMILES string of the molecule is COC(=O)c1cc(C(=O)O)cc(C2(C#N)CC2)c1. The van der Waals surface area contributed by atoms with E-state index in [0.29, 0.717) is 18.4 Å². The number of benzene rings is 1. The standard InChI is InChI=1S/C13H11NO4/c1-18-12(17)9-4-8(11(15)16)5-10(6-9)13(7-14)2-3-13/h4-6H,2-3H2,1H3,(H,15,16). The minimum Gasteiger partial charge on any atom is -0.478 e. The van der Waals surface area contributed by atoms with Crippen LogP contribution in [0.1, 0.15) is 39.1 Å². The summed E-state index contributed by atoms with van der Waals surface area (Å²) in [5.41, 5.74) is 0.0995. The number of esters is 1. The summed E-state index contributed by atoms with van der Waals surface area (Å²) in [6.45, 7) is 0. The predicted molar refractivity (Wildman–Crippen MR) is 61.3 cm³/mol. The third-order valence-corrected chi connectivity index (χ3v) is 3.12. The molecule has 1 aromatic carbocycles. The van der Waals surface area contributed by atoms with Crippen LogP contribution in [0.2, 0.25) is 0 Å². The second kappa shape index (κ2) is 4.15. The first-order valence-corrected chi connectivity index (χ1v) is 5.41. The molecule has 1 aliphatic carbocycles. The van der Waals surface area contributed by atoms with Crippen molar-refractivity contribution in [2.45, 2.75) is 18.3 Å². The van der Waals surface area contributed by atoms with Crippen LogP contribution in [0.15, 0.2) is 18.2 Å². The summed E-state index contributed by atoms with van der Waals surface area (Å²) in [4.78, 5) is 22.5. The van der Waals surface area contributed by atoms with Gasteiger partial charge >= 0.3 is 11.9 Å². The minimum atomic E-state index is -1.13. The van der Waals surface area contributed by atoms with Crippen LogP contribution in [0.4, 0.5) is 0 Å². The van der Waals surface area contributed by atoms with Crippen LogP contribution in [0.3, 0.4) is 0 Å². The average molecular weight is 245 g/mol. The van der Waals surface area contributed by atoms with Crippen LogP contribution < -0.4 is 0 Å². The molecular weight excluding hydrogens is 234 g/mol. The monoisotopic (exact) mass is 245 g/mol. The Kier molecular flexibility index (Phi) is 2.79. The van der Waals surface area contributed by atoms with E-state index in [0.717, 1.165) is 0 Å². The first kappa shape index (κ1) is 12.1. The van der Waals surface area contributed by atoms with E-state index in [1.807, 2.05) is 0 Å². The zero-order valence-corrected chi connectivity index (χ0v) is 9.77. The van der Waals surface area contributed by atoms with Crippen LogP contribution in [0.25, 0.3) is 0 Å². The molecule has 2 rings (SSSR count). The van der Waals surface area contributed by atoms with Gasteiger partial charge in [0.25, 0.3) is 0 Å². The van der Waals surface area contributed by atoms with Crippen molar-refractivity contribution in [2.24, 2.45) is 0 Å². The van der Waals surface area contributed by atoms with Crippen LogP contribution in [-0.2, 0) is 10.2 Å². The maximum atomic E-state index is 11.5. The lowest BCUT2D eigenvalue weighted by atomic mass is 9.93. The lowest BCUT2D eigenvalue weighted by molar-refractivity contribution is 0.0600. The lowest BCUT2D eigenvalue weighted by Crippen LogP contribution is -2.10. The highest BCUT2D eigenvalue weighted by Gasteiger charge is 2.45. The molecule has 1 fully saturated rings. The highest BCUT2D eigenvalue weighted by Crippen LogP contribution is 2.47. The minimum absolute atomic E-state index is 0.00516. The molecule has 5 heteroatoms. The Labute approximate surface area is 104 Å². The largest absolute Gasteiger partial charge is 0.478 e. The molecule has 0 amide bonds. The third-order valence-electron chi connectivity index (χ3n) is 3.12. The fourth-order valence-corrected chi connectivity index (χ4v) is 1.85. The molecule has 18 heavy (non-hydrogen) atoms. The quantitative estimate of drug-likeness (QED) is 0.819. The maximum Gasteiger partial charge on any atom is 0.337 e. The molecule has 0 heterocycles. The van der Waals surface area contributed by atoms with Gasteiger partial charge in [0.15, 0.2) is 0 Å². The van der Waals surface area contributed by atoms with Crippen molar-refractivity contribution in [1.29, 1.82) is 5.26 Å². The molecule has 0 atom stereocenters. The van der Waals surface area contributed by atoms with E-state index in [9.17, 15) is 9.59 Å². The van der Waals surface area contributed by atoms with Gasteiger partial charge in [0, 0.05) is 0 Å². The Bertz CT molecular complexity index is 567. The molecule has 1 saturated carbocycles. The summed E-state index contributed by atoms with van der Waals surface area (Å²) in [7, 11) is 1.23. The Morgan fingerprint density at radius 3 is 2.39 bits per heavy atom. The topological polar surface area (TPSA) is 87.4 Å². The molecule has 0 radical (unpaired) electrons. The number of methoxy groups -OCH3 is 1. The number of nitrogens with zero attached hydrogens (tertiary/aromatic N) is 1. The number of carbonyl (C=O) groups is 2. The van der Waals surface area contributed by atoms with E-state index in [1.165, 1.54) is 25.3 Å². The number of nitriles is 1. The second-order valence-corrected chi connectivity index (χ2v) is 4.29. The van der Waals surface area contributed by atoms with E-state index in [1.54, 1.807) is 0 Å². The van der Waals surface area contributed by atoms with Gasteiger partial charge in [-0.05, 0) is 36.6 Å². The number of hydrogen-bond acceptors (Lipinski definition) is 4. The Balaban J connectivity index is 2.54. The Morgan fingerprint density at radius 2 is 1.94 bits per heavy atom. The number of carbonyl (C=O) groups excluding carboxylic acids is 1. The van der Waals surface area contributed by atoms with Gasteiger partial charge in [0.2, 0.25) is 0 Å². The number of hydrogen-bond donors (Lipinski definition) is 1.